The van der Waals surface area contributed by atoms with E-state index in [4.69, 9.17) is 5.26 Å². The Hall–Kier alpha value is -1.63. The van der Waals surface area contributed by atoms with Crippen molar-refractivity contribution in [3.05, 3.63) is 29.6 Å². The molecule has 0 aromatic heterocycles. The molecule has 0 radical (unpaired) electrons. The van der Waals surface area contributed by atoms with Crippen molar-refractivity contribution < 1.29 is 13.5 Å². The van der Waals surface area contributed by atoms with Crippen LogP contribution in [0.15, 0.2) is 18.2 Å². The fourth-order valence-electron chi connectivity index (χ4n) is 0.739. The van der Waals surface area contributed by atoms with E-state index in [1.54, 1.807) is 6.07 Å². The predicted molar refractivity (Wildman–Crippen MR) is 37.7 cm³/mol. The first-order chi connectivity index (χ1) is 5.77. The maximum atomic E-state index is 12.7. The number of ether oxygens (including phenoxy) is 1. The zero-order chi connectivity index (χ0) is 8.97. The molecule has 0 amide bonds. The molecule has 0 aliphatic carbocycles. The first-order valence-corrected chi connectivity index (χ1v) is 3.16. The number of hydrogen-bond acceptors (Lipinski definition) is 2. The van der Waals surface area contributed by atoms with Gasteiger partial charge < -0.3 is 4.74 Å². The Morgan fingerprint density at radius 2 is 2.25 bits per heavy atom. The molecule has 62 valence electrons. The van der Waals surface area contributed by atoms with E-state index in [0.717, 1.165) is 6.07 Å². The zero-order valence-electron chi connectivity index (χ0n) is 6.05. The molecule has 0 heterocycles. The van der Waals surface area contributed by atoms with Crippen molar-refractivity contribution in [2.45, 2.75) is 0 Å². The van der Waals surface area contributed by atoms with E-state index in [1.807, 2.05) is 0 Å². The Balaban J connectivity index is 2.96. The summed E-state index contributed by atoms with van der Waals surface area (Å²) in [5.74, 6) is -0.627. The van der Waals surface area contributed by atoms with Crippen molar-refractivity contribution >= 4 is 0 Å². The second kappa shape index (κ2) is 3.67. The largest absolute Gasteiger partial charge is 0.463 e. The first-order valence-electron chi connectivity index (χ1n) is 3.16. The third-order valence-electron chi connectivity index (χ3n) is 1.28. The van der Waals surface area contributed by atoms with E-state index < -0.39 is 12.7 Å². The van der Waals surface area contributed by atoms with Crippen molar-refractivity contribution in [3.63, 3.8) is 0 Å². The molecule has 0 unspecified atom stereocenters. The SMILES string of the molecule is N#Cc1ccc(OCF)cc1F. The van der Waals surface area contributed by atoms with Gasteiger partial charge in [0.05, 0.1) is 5.56 Å². The molecule has 0 atom stereocenters. The number of rotatable bonds is 2. The fraction of sp³-hybridized carbons (Fsp3) is 0.125. The number of alkyl halides is 1. The van der Waals surface area contributed by atoms with Crippen LogP contribution >= 0.6 is 0 Å². The normalized spacial score (nSPS) is 9.08. The van der Waals surface area contributed by atoms with Gasteiger partial charge in [0.15, 0.2) is 0 Å². The van der Waals surface area contributed by atoms with Gasteiger partial charge in [0.1, 0.15) is 17.6 Å². The Morgan fingerprint density at radius 1 is 1.50 bits per heavy atom. The second-order valence-electron chi connectivity index (χ2n) is 2.01. The zero-order valence-corrected chi connectivity index (χ0v) is 6.05. The summed E-state index contributed by atoms with van der Waals surface area (Å²) in [6.45, 7) is -1.01. The molecule has 1 aromatic rings. The van der Waals surface area contributed by atoms with Crippen molar-refractivity contribution in [2.75, 3.05) is 6.86 Å². The molecule has 0 aliphatic rings. The van der Waals surface area contributed by atoms with Gasteiger partial charge in [-0.3, -0.25) is 0 Å². The highest BCUT2D eigenvalue weighted by Gasteiger charge is 2.02. The van der Waals surface area contributed by atoms with E-state index in [9.17, 15) is 8.78 Å². The first kappa shape index (κ1) is 8.47. The van der Waals surface area contributed by atoms with Crippen LogP contribution in [-0.2, 0) is 0 Å². The van der Waals surface area contributed by atoms with Gasteiger partial charge in [-0.25, -0.2) is 8.78 Å². The molecule has 1 aromatic carbocycles. The Bertz CT molecular complexity index is 319. The van der Waals surface area contributed by atoms with Crippen LogP contribution in [-0.4, -0.2) is 6.86 Å². The number of benzene rings is 1. The van der Waals surface area contributed by atoms with Crippen molar-refractivity contribution in [3.8, 4) is 11.8 Å². The van der Waals surface area contributed by atoms with E-state index in [2.05, 4.69) is 4.74 Å². The summed E-state index contributed by atoms with van der Waals surface area (Å²) in [5.41, 5.74) is -0.0822. The lowest BCUT2D eigenvalue weighted by atomic mass is 10.2. The minimum absolute atomic E-state index is 0.0778. The number of nitriles is 1. The average molecular weight is 169 g/mol. The quantitative estimate of drug-likeness (QED) is 0.678. The number of halogens is 2. The van der Waals surface area contributed by atoms with Gasteiger partial charge >= 0.3 is 0 Å². The average Bonchev–Trinajstić information content (AvgIpc) is 2.05. The standard InChI is InChI=1S/C8H5F2NO/c9-5-12-7-2-1-6(4-11)8(10)3-7/h1-3H,5H2. The molecule has 2 nitrogen and oxygen atoms in total. The summed E-state index contributed by atoms with van der Waals surface area (Å²) in [6, 6.07) is 5.18. The maximum absolute atomic E-state index is 12.7. The topological polar surface area (TPSA) is 33.0 Å². The van der Waals surface area contributed by atoms with Crippen LogP contribution in [0.25, 0.3) is 0 Å². The van der Waals surface area contributed by atoms with Gasteiger partial charge in [0.25, 0.3) is 0 Å². The molecule has 4 heteroatoms. The van der Waals surface area contributed by atoms with Gasteiger partial charge in [-0.2, -0.15) is 5.26 Å². The maximum Gasteiger partial charge on any atom is 0.228 e. The Morgan fingerprint density at radius 3 is 2.75 bits per heavy atom. The summed E-state index contributed by atoms with van der Waals surface area (Å²) >= 11 is 0. The highest BCUT2D eigenvalue weighted by Crippen LogP contribution is 2.15. The molecule has 0 fully saturated rings. The molecule has 0 bridgehead atoms. The molecular formula is C8H5F2NO. The van der Waals surface area contributed by atoms with Crippen LogP contribution in [0.5, 0.6) is 5.75 Å². The summed E-state index contributed by atoms with van der Waals surface area (Å²) in [4.78, 5) is 0. The van der Waals surface area contributed by atoms with Gasteiger partial charge in [0, 0.05) is 6.07 Å². The van der Waals surface area contributed by atoms with Gasteiger partial charge in [-0.15, -0.1) is 0 Å². The van der Waals surface area contributed by atoms with Gasteiger partial charge in [-0.1, -0.05) is 0 Å². The summed E-state index contributed by atoms with van der Waals surface area (Å²) in [6.07, 6.45) is 0. The van der Waals surface area contributed by atoms with E-state index >= 15 is 0 Å². The minimum atomic E-state index is -1.01. The molecule has 0 aliphatic heterocycles. The van der Waals surface area contributed by atoms with Crippen molar-refractivity contribution in [1.29, 1.82) is 5.26 Å². The fourth-order valence-corrected chi connectivity index (χ4v) is 0.739. The monoisotopic (exact) mass is 169 g/mol. The summed E-state index contributed by atoms with van der Waals surface area (Å²) < 4.78 is 28.7. The van der Waals surface area contributed by atoms with Gasteiger partial charge in [0.2, 0.25) is 6.86 Å². The molecule has 12 heavy (non-hydrogen) atoms. The highest BCUT2D eigenvalue weighted by atomic mass is 19.1. The smallest absolute Gasteiger partial charge is 0.228 e. The summed E-state index contributed by atoms with van der Waals surface area (Å²) in [5, 5.41) is 8.33. The van der Waals surface area contributed by atoms with Crippen molar-refractivity contribution in [2.24, 2.45) is 0 Å². The minimum Gasteiger partial charge on any atom is -0.463 e. The molecular weight excluding hydrogens is 164 g/mol. The lowest BCUT2D eigenvalue weighted by molar-refractivity contribution is 0.191. The van der Waals surface area contributed by atoms with Crippen LogP contribution < -0.4 is 4.74 Å². The highest BCUT2D eigenvalue weighted by molar-refractivity contribution is 5.36. The van der Waals surface area contributed by atoms with E-state index in [0.29, 0.717) is 0 Å². The lowest BCUT2D eigenvalue weighted by Crippen LogP contribution is -1.91. The third kappa shape index (κ3) is 1.70. The molecule has 0 saturated heterocycles. The number of hydrogen-bond donors (Lipinski definition) is 0. The second-order valence-corrected chi connectivity index (χ2v) is 2.01. The Kier molecular flexibility index (Phi) is 2.59. The molecule has 0 N–H and O–H groups in total. The summed E-state index contributed by atoms with van der Waals surface area (Å²) in [7, 11) is 0. The van der Waals surface area contributed by atoms with Crippen LogP contribution in [0.1, 0.15) is 5.56 Å². The van der Waals surface area contributed by atoms with Crippen LogP contribution in [0.4, 0.5) is 8.78 Å². The van der Waals surface area contributed by atoms with Crippen LogP contribution in [0.3, 0.4) is 0 Å². The molecule has 1 rings (SSSR count). The van der Waals surface area contributed by atoms with E-state index in [-0.39, 0.29) is 11.3 Å². The number of nitrogens with zero attached hydrogens (tertiary/aromatic N) is 1. The van der Waals surface area contributed by atoms with Crippen molar-refractivity contribution in [1.82, 2.24) is 0 Å². The van der Waals surface area contributed by atoms with Crippen LogP contribution in [0, 0.1) is 17.1 Å². The Labute approximate surface area is 68.0 Å². The predicted octanol–water partition coefficient (Wildman–Crippen LogP) is 2.00. The molecule has 0 spiro atoms. The van der Waals surface area contributed by atoms with Gasteiger partial charge in [-0.05, 0) is 12.1 Å². The molecule has 0 saturated carbocycles. The third-order valence-corrected chi connectivity index (χ3v) is 1.28. The lowest BCUT2D eigenvalue weighted by Gasteiger charge is -2.00. The van der Waals surface area contributed by atoms with Crippen LogP contribution in [0.2, 0.25) is 0 Å². The van der Waals surface area contributed by atoms with E-state index in [1.165, 1.54) is 12.1 Å².